The van der Waals surface area contributed by atoms with E-state index in [2.05, 4.69) is 5.32 Å². The van der Waals surface area contributed by atoms with Crippen LogP contribution in [0.15, 0.2) is 24.3 Å². The van der Waals surface area contributed by atoms with Crippen molar-refractivity contribution in [2.45, 2.75) is 12.5 Å². The van der Waals surface area contributed by atoms with E-state index in [1.165, 1.54) is 0 Å². The maximum Gasteiger partial charge on any atom is 0.253 e. The van der Waals surface area contributed by atoms with Gasteiger partial charge < -0.3 is 15.1 Å². The van der Waals surface area contributed by atoms with E-state index in [1.54, 1.807) is 0 Å². The number of carbonyl (C=O) groups is 1. The van der Waals surface area contributed by atoms with E-state index in [4.69, 9.17) is 0 Å². The first-order valence-electron chi connectivity index (χ1n) is 6.35. The van der Waals surface area contributed by atoms with Crippen LogP contribution in [-0.2, 0) is 0 Å². The Balaban J connectivity index is 2.14. The smallest absolute Gasteiger partial charge is 0.253 e. The number of rotatable bonds is 3. The van der Waals surface area contributed by atoms with Gasteiger partial charge in [0.2, 0.25) is 0 Å². The van der Waals surface area contributed by atoms with Crippen LogP contribution in [0.1, 0.15) is 16.8 Å². The molecule has 18 heavy (non-hydrogen) atoms. The van der Waals surface area contributed by atoms with Gasteiger partial charge in [-0.25, -0.2) is 0 Å². The molecule has 1 fully saturated rings. The van der Waals surface area contributed by atoms with E-state index in [0.29, 0.717) is 6.04 Å². The minimum atomic E-state index is 0.104. The van der Waals surface area contributed by atoms with Crippen molar-refractivity contribution in [2.75, 3.05) is 39.1 Å². The van der Waals surface area contributed by atoms with E-state index in [1.807, 2.05) is 55.2 Å². The molecule has 4 nitrogen and oxygen atoms in total. The van der Waals surface area contributed by atoms with Crippen molar-refractivity contribution in [3.63, 3.8) is 0 Å². The van der Waals surface area contributed by atoms with Crippen molar-refractivity contribution in [1.29, 1.82) is 0 Å². The third kappa shape index (κ3) is 2.64. The fourth-order valence-electron chi connectivity index (χ4n) is 2.26. The molecule has 1 aromatic rings. The number of benzene rings is 1. The van der Waals surface area contributed by atoms with E-state index in [9.17, 15) is 4.79 Å². The molecular weight excluding hydrogens is 226 g/mol. The van der Waals surface area contributed by atoms with Crippen LogP contribution in [0.25, 0.3) is 0 Å². The zero-order chi connectivity index (χ0) is 13.1. The van der Waals surface area contributed by atoms with Crippen LogP contribution in [-0.4, -0.2) is 51.1 Å². The Bertz CT molecular complexity index is 425. The third-order valence-electron chi connectivity index (χ3n) is 3.51. The summed E-state index contributed by atoms with van der Waals surface area (Å²) in [6.45, 7) is 1.90. The number of likely N-dealkylation sites (N-methyl/N-ethyl adjacent to an activating group) is 1. The molecule has 1 atom stereocenters. The molecule has 4 heteroatoms. The second-order valence-corrected chi connectivity index (χ2v) is 5.01. The summed E-state index contributed by atoms with van der Waals surface area (Å²) in [5.74, 6) is 0.104. The Hall–Kier alpha value is -1.55. The lowest BCUT2D eigenvalue weighted by Crippen LogP contribution is -2.38. The molecule has 0 radical (unpaired) electrons. The molecule has 1 N–H and O–H groups in total. The van der Waals surface area contributed by atoms with Gasteiger partial charge in [-0.2, -0.15) is 0 Å². The molecule has 0 aliphatic carbocycles. The maximum absolute atomic E-state index is 12.4. The van der Waals surface area contributed by atoms with Crippen molar-refractivity contribution < 1.29 is 4.79 Å². The topological polar surface area (TPSA) is 35.6 Å². The number of carbonyl (C=O) groups excluding carboxylic acids is 1. The number of nitrogens with one attached hydrogen (secondary N) is 1. The number of hydrogen-bond acceptors (Lipinski definition) is 3. The average molecular weight is 247 g/mol. The van der Waals surface area contributed by atoms with Gasteiger partial charge >= 0.3 is 0 Å². The minimum absolute atomic E-state index is 0.104. The lowest BCUT2D eigenvalue weighted by atomic mass is 10.1. The van der Waals surface area contributed by atoms with Gasteiger partial charge in [0.1, 0.15) is 0 Å². The van der Waals surface area contributed by atoms with Gasteiger partial charge in [-0.05, 0) is 31.2 Å². The Morgan fingerprint density at radius 3 is 2.72 bits per heavy atom. The normalized spacial score (nSPS) is 18.7. The molecule has 1 heterocycles. The Kier molecular flexibility index (Phi) is 3.87. The lowest BCUT2D eigenvalue weighted by molar-refractivity contribution is 0.0744. The highest BCUT2D eigenvalue weighted by molar-refractivity contribution is 5.95. The van der Waals surface area contributed by atoms with Gasteiger partial charge in [-0.1, -0.05) is 6.07 Å². The molecule has 1 saturated heterocycles. The highest BCUT2D eigenvalue weighted by Crippen LogP contribution is 2.16. The van der Waals surface area contributed by atoms with Crippen LogP contribution in [0, 0.1) is 0 Å². The summed E-state index contributed by atoms with van der Waals surface area (Å²) >= 11 is 0. The summed E-state index contributed by atoms with van der Waals surface area (Å²) in [5.41, 5.74) is 1.81. The van der Waals surface area contributed by atoms with Crippen LogP contribution in [0.4, 0.5) is 5.69 Å². The second kappa shape index (κ2) is 5.40. The number of nitrogens with zero attached hydrogens (tertiary/aromatic N) is 2. The largest absolute Gasteiger partial charge is 0.378 e. The molecule has 0 aromatic heterocycles. The molecule has 98 valence electrons. The second-order valence-electron chi connectivity index (χ2n) is 5.01. The molecule has 0 bridgehead atoms. The van der Waals surface area contributed by atoms with Crippen molar-refractivity contribution in [3.05, 3.63) is 29.8 Å². The van der Waals surface area contributed by atoms with Gasteiger partial charge in [0.25, 0.3) is 5.91 Å². The SMILES string of the molecule is CN(C)c1cccc(C(=O)N(C)C2CCNC2)c1. The van der Waals surface area contributed by atoms with Gasteiger partial charge in [0, 0.05) is 45.0 Å². The number of anilines is 1. The van der Waals surface area contributed by atoms with E-state index >= 15 is 0 Å². The summed E-state index contributed by atoms with van der Waals surface area (Å²) < 4.78 is 0. The molecule has 1 aliphatic rings. The van der Waals surface area contributed by atoms with Crippen LogP contribution in [0.5, 0.6) is 0 Å². The number of amides is 1. The van der Waals surface area contributed by atoms with E-state index < -0.39 is 0 Å². The van der Waals surface area contributed by atoms with E-state index in [-0.39, 0.29) is 5.91 Å². The van der Waals surface area contributed by atoms with Gasteiger partial charge in [0.15, 0.2) is 0 Å². The zero-order valence-electron chi connectivity index (χ0n) is 11.3. The van der Waals surface area contributed by atoms with Gasteiger partial charge in [-0.15, -0.1) is 0 Å². The highest BCUT2D eigenvalue weighted by Gasteiger charge is 2.24. The van der Waals surface area contributed by atoms with E-state index in [0.717, 1.165) is 30.8 Å². The first-order valence-corrected chi connectivity index (χ1v) is 6.35. The Morgan fingerprint density at radius 1 is 1.33 bits per heavy atom. The molecule has 1 amide bonds. The van der Waals surface area contributed by atoms with Crippen LogP contribution in [0.2, 0.25) is 0 Å². The molecular formula is C14H21N3O. The minimum Gasteiger partial charge on any atom is -0.378 e. The molecule has 0 spiro atoms. The summed E-state index contributed by atoms with van der Waals surface area (Å²) in [5, 5.41) is 3.29. The fraction of sp³-hybridized carbons (Fsp3) is 0.500. The van der Waals surface area contributed by atoms with Crippen LogP contribution < -0.4 is 10.2 Å². The third-order valence-corrected chi connectivity index (χ3v) is 3.51. The zero-order valence-corrected chi connectivity index (χ0v) is 11.3. The van der Waals surface area contributed by atoms with Crippen LogP contribution >= 0.6 is 0 Å². The molecule has 0 saturated carbocycles. The monoisotopic (exact) mass is 247 g/mol. The lowest BCUT2D eigenvalue weighted by Gasteiger charge is -2.24. The summed E-state index contributed by atoms with van der Waals surface area (Å²) in [7, 11) is 5.85. The summed E-state index contributed by atoms with van der Waals surface area (Å²) in [4.78, 5) is 16.2. The van der Waals surface area contributed by atoms with Crippen molar-refractivity contribution in [3.8, 4) is 0 Å². The number of hydrogen-bond donors (Lipinski definition) is 1. The van der Waals surface area contributed by atoms with Crippen molar-refractivity contribution >= 4 is 11.6 Å². The van der Waals surface area contributed by atoms with Gasteiger partial charge in [-0.3, -0.25) is 4.79 Å². The average Bonchev–Trinajstić information content (AvgIpc) is 2.91. The Labute approximate surface area is 109 Å². The predicted molar refractivity (Wildman–Crippen MR) is 74.1 cm³/mol. The molecule has 1 aromatic carbocycles. The maximum atomic E-state index is 12.4. The molecule has 1 unspecified atom stereocenters. The highest BCUT2D eigenvalue weighted by atomic mass is 16.2. The summed E-state index contributed by atoms with van der Waals surface area (Å²) in [6, 6.07) is 8.09. The molecule has 1 aliphatic heterocycles. The van der Waals surface area contributed by atoms with Crippen molar-refractivity contribution in [1.82, 2.24) is 10.2 Å². The van der Waals surface area contributed by atoms with Crippen molar-refractivity contribution in [2.24, 2.45) is 0 Å². The standard InChI is InChI=1S/C14H21N3O/c1-16(2)12-6-4-5-11(9-12)14(18)17(3)13-7-8-15-10-13/h4-6,9,13,15H,7-8,10H2,1-3H3. The first kappa shape index (κ1) is 12.9. The first-order chi connectivity index (χ1) is 8.59. The predicted octanol–water partition coefficient (Wildman–Crippen LogP) is 1.19. The quantitative estimate of drug-likeness (QED) is 0.871. The Morgan fingerprint density at radius 2 is 2.11 bits per heavy atom. The fourth-order valence-corrected chi connectivity index (χ4v) is 2.26. The van der Waals surface area contributed by atoms with Gasteiger partial charge in [0.05, 0.1) is 0 Å². The molecule has 2 rings (SSSR count). The van der Waals surface area contributed by atoms with Crippen LogP contribution in [0.3, 0.4) is 0 Å². The summed E-state index contributed by atoms with van der Waals surface area (Å²) in [6.07, 6.45) is 1.04.